The van der Waals surface area contributed by atoms with Gasteiger partial charge in [0.05, 0.1) is 16.5 Å². The molecule has 1 aliphatic heterocycles. The molecule has 0 unspecified atom stereocenters. The van der Waals surface area contributed by atoms with Crippen LogP contribution < -0.4 is 4.90 Å². The monoisotopic (exact) mass is 307 g/mol. The molecule has 20 heavy (non-hydrogen) atoms. The van der Waals surface area contributed by atoms with Crippen LogP contribution in [0.5, 0.6) is 0 Å². The standard InChI is InChI=1S/C13H13ClF3NO2/c14-11-7-9(1-2-10(11)12(19)20)18-5-3-8(4-6-18)13(15,16)17/h1-2,7-8H,3-6H2,(H,19,20). The van der Waals surface area contributed by atoms with E-state index in [-0.39, 0.29) is 36.5 Å². The van der Waals surface area contributed by atoms with Gasteiger partial charge in [-0.15, -0.1) is 0 Å². The van der Waals surface area contributed by atoms with Gasteiger partial charge >= 0.3 is 12.1 Å². The molecule has 7 heteroatoms. The van der Waals surface area contributed by atoms with E-state index in [1.54, 1.807) is 11.0 Å². The predicted molar refractivity (Wildman–Crippen MR) is 69.4 cm³/mol. The average Bonchev–Trinajstić information content (AvgIpc) is 2.37. The van der Waals surface area contributed by atoms with Gasteiger partial charge < -0.3 is 10.0 Å². The molecule has 3 nitrogen and oxygen atoms in total. The number of benzene rings is 1. The first kappa shape index (κ1) is 15.0. The largest absolute Gasteiger partial charge is 0.478 e. The molecule has 0 amide bonds. The molecule has 110 valence electrons. The number of halogens is 4. The van der Waals surface area contributed by atoms with Crippen LogP contribution in [0.1, 0.15) is 23.2 Å². The topological polar surface area (TPSA) is 40.5 Å². The number of hydrogen-bond donors (Lipinski definition) is 1. The van der Waals surface area contributed by atoms with Gasteiger partial charge in [0.1, 0.15) is 0 Å². The van der Waals surface area contributed by atoms with Crippen molar-refractivity contribution in [2.45, 2.75) is 19.0 Å². The molecule has 2 rings (SSSR count). The van der Waals surface area contributed by atoms with Gasteiger partial charge in [-0.25, -0.2) is 4.79 Å². The predicted octanol–water partition coefficient (Wildman–Crippen LogP) is 3.82. The quantitative estimate of drug-likeness (QED) is 0.903. The highest BCUT2D eigenvalue weighted by Gasteiger charge is 2.41. The third-order valence-corrected chi connectivity index (χ3v) is 3.82. The van der Waals surface area contributed by atoms with Crippen molar-refractivity contribution in [2.24, 2.45) is 5.92 Å². The molecule has 0 spiro atoms. The van der Waals surface area contributed by atoms with Crippen LogP contribution in [0.3, 0.4) is 0 Å². The van der Waals surface area contributed by atoms with E-state index in [0.717, 1.165) is 0 Å². The van der Waals surface area contributed by atoms with Crippen LogP contribution in [0, 0.1) is 5.92 Å². The molecule has 1 aliphatic rings. The second kappa shape index (κ2) is 5.52. The first-order chi connectivity index (χ1) is 9.29. The Morgan fingerprint density at radius 3 is 2.35 bits per heavy atom. The van der Waals surface area contributed by atoms with E-state index in [2.05, 4.69) is 0 Å². The van der Waals surface area contributed by atoms with Gasteiger partial charge in [-0.3, -0.25) is 0 Å². The van der Waals surface area contributed by atoms with Crippen molar-refractivity contribution in [2.75, 3.05) is 18.0 Å². The number of aromatic carboxylic acids is 1. The zero-order valence-corrected chi connectivity index (χ0v) is 11.2. The van der Waals surface area contributed by atoms with Crippen molar-refractivity contribution < 1.29 is 23.1 Å². The normalized spacial score (nSPS) is 17.3. The molecule has 1 heterocycles. The second-order valence-corrected chi connectivity index (χ2v) is 5.18. The molecular formula is C13H13ClF3NO2. The van der Waals surface area contributed by atoms with Crippen LogP contribution in [0.4, 0.5) is 18.9 Å². The molecule has 1 fully saturated rings. The van der Waals surface area contributed by atoms with Gasteiger partial charge in [-0.1, -0.05) is 11.6 Å². The van der Waals surface area contributed by atoms with Crippen LogP contribution in [-0.2, 0) is 0 Å². The highest BCUT2D eigenvalue weighted by molar-refractivity contribution is 6.33. The summed E-state index contributed by atoms with van der Waals surface area (Å²) in [6.45, 7) is 0.569. The number of carbonyl (C=O) groups is 1. The third kappa shape index (κ3) is 3.17. The van der Waals surface area contributed by atoms with Gasteiger partial charge in [0.2, 0.25) is 0 Å². The molecule has 0 aliphatic carbocycles. The number of carboxylic acid groups (broad SMARTS) is 1. The summed E-state index contributed by atoms with van der Waals surface area (Å²) in [5.41, 5.74) is 0.640. The molecule has 0 saturated carbocycles. The van der Waals surface area contributed by atoms with Crippen molar-refractivity contribution in [3.8, 4) is 0 Å². The molecular weight excluding hydrogens is 295 g/mol. The highest BCUT2D eigenvalue weighted by atomic mass is 35.5. The van der Waals surface area contributed by atoms with Gasteiger partial charge in [0, 0.05) is 18.8 Å². The summed E-state index contributed by atoms with van der Waals surface area (Å²) in [7, 11) is 0. The van der Waals surface area contributed by atoms with Crippen molar-refractivity contribution in [3.05, 3.63) is 28.8 Å². The van der Waals surface area contributed by atoms with Crippen LogP contribution >= 0.6 is 11.6 Å². The van der Waals surface area contributed by atoms with Crippen LogP contribution in [-0.4, -0.2) is 30.3 Å². The van der Waals surface area contributed by atoms with Gasteiger partial charge in [-0.2, -0.15) is 13.2 Å². The molecule has 0 aromatic heterocycles. The van der Waals surface area contributed by atoms with Gasteiger partial charge in [0.25, 0.3) is 0 Å². The zero-order chi connectivity index (χ0) is 14.9. The first-order valence-electron chi connectivity index (χ1n) is 6.13. The number of carboxylic acids is 1. The van der Waals surface area contributed by atoms with E-state index in [1.807, 2.05) is 0 Å². The summed E-state index contributed by atoms with van der Waals surface area (Å²) >= 11 is 5.86. The average molecular weight is 308 g/mol. The number of piperidine rings is 1. The first-order valence-corrected chi connectivity index (χ1v) is 6.51. The van der Waals surface area contributed by atoms with Crippen molar-refractivity contribution in [1.29, 1.82) is 0 Å². The lowest BCUT2D eigenvalue weighted by Crippen LogP contribution is -2.39. The fraction of sp³-hybridized carbons (Fsp3) is 0.462. The maximum atomic E-state index is 12.6. The molecule has 1 N–H and O–H groups in total. The van der Waals surface area contributed by atoms with Crippen LogP contribution in [0.2, 0.25) is 5.02 Å². The minimum absolute atomic E-state index is 0.0133. The van der Waals surface area contributed by atoms with E-state index >= 15 is 0 Å². The summed E-state index contributed by atoms with van der Waals surface area (Å²) in [6, 6.07) is 4.43. The summed E-state index contributed by atoms with van der Waals surface area (Å²) in [6.07, 6.45) is -4.06. The van der Waals surface area contributed by atoms with Crippen LogP contribution in [0.15, 0.2) is 18.2 Å². The maximum Gasteiger partial charge on any atom is 0.391 e. The summed E-state index contributed by atoms with van der Waals surface area (Å²) in [5, 5.41) is 8.96. The van der Waals surface area contributed by atoms with E-state index in [4.69, 9.17) is 16.7 Å². The molecule has 0 atom stereocenters. The van der Waals surface area contributed by atoms with Gasteiger partial charge in [-0.05, 0) is 31.0 Å². The number of nitrogens with zero attached hydrogens (tertiary/aromatic N) is 1. The Kier molecular flexibility index (Phi) is 4.13. The van der Waals surface area contributed by atoms with Crippen molar-refractivity contribution >= 4 is 23.3 Å². The smallest absolute Gasteiger partial charge is 0.391 e. The Bertz CT molecular complexity index is 511. The van der Waals surface area contributed by atoms with Crippen LogP contribution in [0.25, 0.3) is 0 Å². The Morgan fingerprint density at radius 1 is 1.30 bits per heavy atom. The Balaban J connectivity index is 2.08. The van der Waals surface area contributed by atoms with E-state index in [0.29, 0.717) is 5.69 Å². The number of anilines is 1. The highest BCUT2D eigenvalue weighted by Crippen LogP contribution is 2.36. The lowest BCUT2D eigenvalue weighted by Gasteiger charge is -2.34. The fourth-order valence-electron chi connectivity index (χ4n) is 2.34. The minimum Gasteiger partial charge on any atom is -0.478 e. The molecule has 1 saturated heterocycles. The van der Waals surface area contributed by atoms with Crippen molar-refractivity contribution in [1.82, 2.24) is 0 Å². The van der Waals surface area contributed by atoms with E-state index in [1.165, 1.54) is 12.1 Å². The molecule has 0 radical (unpaired) electrons. The zero-order valence-electron chi connectivity index (χ0n) is 10.5. The molecule has 1 aromatic rings. The summed E-state index contributed by atoms with van der Waals surface area (Å²) in [4.78, 5) is 12.6. The Morgan fingerprint density at radius 2 is 1.90 bits per heavy atom. The summed E-state index contributed by atoms with van der Waals surface area (Å²) in [5.74, 6) is -2.38. The van der Waals surface area contributed by atoms with E-state index in [9.17, 15) is 18.0 Å². The maximum absolute atomic E-state index is 12.6. The lowest BCUT2D eigenvalue weighted by atomic mass is 9.96. The Labute approximate surface area is 118 Å². The minimum atomic E-state index is -4.14. The number of rotatable bonds is 2. The SMILES string of the molecule is O=C(O)c1ccc(N2CCC(C(F)(F)F)CC2)cc1Cl. The lowest BCUT2D eigenvalue weighted by molar-refractivity contribution is -0.179. The number of alkyl halides is 3. The second-order valence-electron chi connectivity index (χ2n) is 4.77. The summed E-state index contributed by atoms with van der Waals surface area (Å²) < 4.78 is 37.7. The number of hydrogen-bond acceptors (Lipinski definition) is 2. The van der Waals surface area contributed by atoms with Gasteiger partial charge in [0.15, 0.2) is 0 Å². The molecule has 1 aromatic carbocycles. The third-order valence-electron chi connectivity index (χ3n) is 3.51. The fourth-order valence-corrected chi connectivity index (χ4v) is 2.59. The van der Waals surface area contributed by atoms with Crippen molar-refractivity contribution in [3.63, 3.8) is 0 Å². The molecule has 0 bridgehead atoms. The Hall–Kier alpha value is -1.43. The van der Waals surface area contributed by atoms with E-state index < -0.39 is 18.1 Å².